The van der Waals surface area contributed by atoms with Gasteiger partial charge in [-0.15, -0.1) is 11.3 Å². The average molecular weight is 385 g/mol. The maximum Gasteiger partial charge on any atom is 0.229 e. The number of thiazole rings is 1. The Morgan fingerprint density at radius 3 is 3.08 bits per heavy atom. The molecular formula is C19H20N4OS2. The number of hydrogen-bond donors (Lipinski definition) is 0. The van der Waals surface area contributed by atoms with Crippen LogP contribution < -0.4 is 0 Å². The molecule has 1 fully saturated rings. The van der Waals surface area contributed by atoms with Crippen LogP contribution in [0.15, 0.2) is 40.4 Å². The van der Waals surface area contributed by atoms with E-state index in [1.165, 1.54) is 4.70 Å². The second-order valence-electron chi connectivity index (χ2n) is 6.84. The molecule has 0 unspecified atom stereocenters. The Morgan fingerprint density at radius 2 is 2.15 bits per heavy atom. The largest absolute Gasteiger partial charge is 0.333 e. The van der Waals surface area contributed by atoms with Crippen LogP contribution in [0.4, 0.5) is 0 Å². The molecule has 1 atom stereocenters. The van der Waals surface area contributed by atoms with Gasteiger partial charge in [0.1, 0.15) is 5.01 Å². The Kier molecular flexibility index (Phi) is 4.21. The maximum absolute atomic E-state index is 13.1. The van der Waals surface area contributed by atoms with E-state index in [2.05, 4.69) is 21.4 Å². The van der Waals surface area contributed by atoms with Gasteiger partial charge in [0, 0.05) is 25.3 Å². The van der Waals surface area contributed by atoms with Gasteiger partial charge >= 0.3 is 0 Å². The molecule has 5 rings (SSSR count). The van der Waals surface area contributed by atoms with E-state index in [1.807, 2.05) is 23.1 Å². The molecule has 4 heterocycles. The molecule has 1 amide bonds. The highest BCUT2D eigenvalue weighted by Gasteiger charge is 2.34. The molecule has 26 heavy (non-hydrogen) atoms. The molecular weight excluding hydrogens is 364 g/mol. The quantitative estimate of drug-likeness (QED) is 0.803. The molecule has 0 radical (unpaired) electrons. The van der Waals surface area contributed by atoms with Crippen LogP contribution in [0.3, 0.4) is 0 Å². The van der Waals surface area contributed by atoms with E-state index in [0.717, 1.165) is 60.3 Å². The lowest BCUT2D eigenvalue weighted by atomic mass is 10.2. The number of hydrogen-bond acceptors (Lipinski definition) is 6. The number of fused-ring (bicyclic) bond motifs is 2. The van der Waals surface area contributed by atoms with E-state index in [9.17, 15) is 4.79 Å². The van der Waals surface area contributed by atoms with Crippen LogP contribution in [0.25, 0.3) is 10.2 Å². The Labute approximate surface area is 160 Å². The highest BCUT2D eigenvalue weighted by Crippen LogP contribution is 2.38. The predicted molar refractivity (Wildman–Crippen MR) is 107 cm³/mol. The normalized spacial score (nSPS) is 22.5. The minimum absolute atomic E-state index is 0.129. The fourth-order valence-electron chi connectivity index (χ4n) is 3.88. The monoisotopic (exact) mass is 384 g/mol. The lowest BCUT2D eigenvalue weighted by Gasteiger charge is -2.28. The Morgan fingerprint density at radius 1 is 1.23 bits per heavy atom. The average Bonchev–Trinajstić information content (AvgIpc) is 3.39. The van der Waals surface area contributed by atoms with Gasteiger partial charge in [-0.25, -0.2) is 4.98 Å². The summed E-state index contributed by atoms with van der Waals surface area (Å²) in [6.07, 6.45) is 3.59. The van der Waals surface area contributed by atoms with Crippen LogP contribution >= 0.6 is 23.1 Å². The first-order chi connectivity index (χ1) is 12.8. The van der Waals surface area contributed by atoms with Gasteiger partial charge in [0.05, 0.1) is 22.7 Å². The van der Waals surface area contributed by atoms with E-state index in [4.69, 9.17) is 4.98 Å². The fraction of sp³-hybridized carbons (Fsp3) is 0.421. The molecule has 134 valence electrons. The number of para-hydroxylation sites is 1. The summed E-state index contributed by atoms with van der Waals surface area (Å²) in [5.41, 5.74) is 2.14. The molecule has 3 aliphatic heterocycles. The number of amides is 1. The summed E-state index contributed by atoms with van der Waals surface area (Å²) in [7, 11) is 0. The molecule has 1 aromatic carbocycles. The molecule has 0 saturated carbocycles. The zero-order valence-electron chi connectivity index (χ0n) is 14.4. The van der Waals surface area contributed by atoms with Crippen LogP contribution in [-0.4, -0.2) is 45.5 Å². The third kappa shape index (κ3) is 2.83. The lowest BCUT2D eigenvalue weighted by molar-refractivity contribution is -0.131. The first kappa shape index (κ1) is 16.3. The zero-order valence-corrected chi connectivity index (χ0v) is 16.1. The van der Waals surface area contributed by atoms with E-state index in [0.29, 0.717) is 6.42 Å². The number of benzene rings is 1. The molecule has 2 aromatic rings. The fourth-order valence-corrected chi connectivity index (χ4v) is 5.95. The first-order valence-corrected chi connectivity index (χ1v) is 10.8. The van der Waals surface area contributed by atoms with Crippen molar-refractivity contribution in [2.45, 2.75) is 31.7 Å². The van der Waals surface area contributed by atoms with E-state index < -0.39 is 0 Å². The summed E-state index contributed by atoms with van der Waals surface area (Å²) in [5.74, 6) is 0.213. The molecule has 1 saturated heterocycles. The SMILES string of the molecule is O=C(CC1=CSC2=NCCCN12)N1CCC[C@H]1c1nc2ccccc2s1. The number of nitrogens with zero attached hydrogens (tertiary/aromatic N) is 4. The number of amidine groups is 1. The van der Waals surface area contributed by atoms with Crippen molar-refractivity contribution in [2.75, 3.05) is 19.6 Å². The Balaban J connectivity index is 1.34. The Bertz CT molecular complexity index is 886. The molecule has 0 aliphatic carbocycles. The molecule has 5 nitrogen and oxygen atoms in total. The number of likely N-dealkylation sites (tertiary alicyclic amines) is 1. The minimum Gasteiger partial charge on any atom is -0.333 e. The number of thioether (sulfide) groups is 1. The van der Waals surface area contributed by atoms with Crippen molar-refractivity contribution in [3.63, 3.8) is 0 Å². The summed E-state index contributed by atoms with van der Waals surface area (Å²) in [5, 5.41) is 4.24. The highest BCUT2D eigenvalue weighted by molar-refractivity contribution is 8.16. The summed E-state index contributed by atoms with van der Waals surface area (Å²) in [6, 6.07) is 8.35. The topological polar surface area (TPSA) is 48.8 Å². The first-order valence-electron chi connectivity index (χ1n) is 9.12. The Hall–Kier alpha value is -1.86. The molecule has 0 spiro atoms. The van der Waals surface area contributed by atoms with Gasteiger partial charge in [-0.3, -0.25) is 9.79 Å². The van der Waals surface area contributed by atoms with E-state index in [1.54, 1.807) is 23.1 Å². The van der Waals surface area contributed by atoms with Crippen LogP contribution in [0.5, 0.6) is 0 Å². The third-order valence-corrected chi connectivity index (χ3v) is 7.25. The maximum atomic E-state index is 13.1. The number of aliphatic imine (C=N–C) groups is 1. The zero-order chi connectivity index (χ0) is 17.5. The van der Waals surface area contributed by atoms with Crippen molar-refractivity contribution in [3.8, 4) is 0 Å². The second-order valence-corrected chi connectivity index (χ2v) is 8.74. The molecule has 1 aromatic heterocycles. The predicted octanol–water partition coefficient (Wildman–Crippen LogP) is 4.00. The van der Waals surface area contributed by atoms with Crippen molar-refractivity contribution in [1.29, 1.82) is 0 Å². The van der Waals surface area contributed by atoms with Crippen LogP contribution in [0.2, 0.25) is 0 Å². The van der Waals surface area contributed by atoms with Gasteiger partial charge in [-0.05, 0) is 36.8 Å². The second kappa shape index (κ2) is 6.70. The molecule has 7 heteroatoms. The third-order valence-electron chi connectivity index (χ3n) is 5.17. The molecule has 3 aliphatic rings. The summed E-state index contributed by atoms with van der Waals surface area (Å²) in [6.45, 7) is 2.72. The minimum atomic E-state index is 0.129. The van der Waals surface area contributed by atoms with E-state index in [-0.39, 0.29) is 11.9 Å². The summed E-state index contributed by atoms with van der Waals surface area (Å²) < 4.78 is 1.20. The van der Waals surface area contributed by atoms with Gasteiger partial charge in [0.15, 0.2) is 5.17 Å². The van der Waals surface area contributed by atoms with Crippen molar-refractivity contribution in [2.24, 2.45) is 4.99 Å². The van der Waals surface area contributed by atoms with Crippen molar-refractivity contribution in [3.05, 3.63) is 40.4 Å². The van der Waals surface area contributed by atoms with Crippen LogP contribution in [0, 0.1) is 0 Å². The van der Waals surface area contributed by atoms with Crippen LogP contribution in [-0.2, 0) is 4.79 Å². The van der Waals surface area contributed by atoms with Gasteiger partial charge in [-0.1, -0.05) is 23.9 Å². The van der Waals surface area contributed by atoms with Crippen molar-refractivity contribution < 1.29 is 4.79 Å². The number of carbonyl (C=O) groups is 1. The van der Waals surface area contributed by atoms with Crippen LogP contribution in [0.1, 0.15) is 36.7 Å². The standard InChI is InChI=1S/C19H20N4OS2/c24-17(11-13-12-25-19-20-8-4-10-22(13)19)23-9-3-6-15(23)18-21-14-5-1-2-7-16(14)26-18/h1-2,5,7,12,15H,3-4,6,8-11H2/t15-/m0/s1. The van der Waals surface area contributed by atoms with E-state index >= 15 is 0 Å². The van der Waals surface area contributed by atoms with Crippen molar-refractivity contribution in [1.82, 2.24) is 14.8 Å². The van der Waals surface area contributed by atoms with Gasteiger partial charge < -0.3 is 9.80 Å². The summed E-state index contributed by atoms with van der Waals surface area (Å²) >= 11 is 3.38. The van der Waals surface area contributed by atoms with Gasteiger partial charge in [0.25, 0.3) is 0 Å². The smallest absolute Gasteiger partial charge is 0.229 e. The van der Waals surface area contributed by atoms with Gasteiger partial charge in [-0.2, -0.15) is 0 Å². The summed E-state index contributed by atoms with van der Waals surface area (Å²) in [4.78, 5) is 26.7. The molecule has 0 N–H and O–H groups in total. The van der Waals surface area contributed by atoms with Crippen molar-refractivity contribution >= 4 is 44.4 Å². The number of rotatable bonds is 3. The number of aromatic nitrogens is 1. The number of carbonyl (C=O) groups excluding carboxylic acids is 1. The van der Waals surface area contributed by atoms with Gasteiger partial charge in [0.2, 0.25) is 5.91 Å². The molecule has 0 bridgehead atoms. The lowest BCUT2D eigenvalue weighted by Crippen LogP contribution is -2.35. The highest BCUT2D eigenvalue weighted by atomic mass is 32.2.